The second-order valence-electron chi connectivity index (χ2n) is 5.05. The molecule has 0 radical (unpaired) electrons. The van der Waals surface area contributed by atoms with Crippen molar-refractivity contribution >= 4 is 0 Å². The Labute approximate surface area is 117 Å². The zero-order valence-corrected chi connectivity index (χ0v) is 12.2. The molecule has 0 heterocycles. The van der Waals surface area contributed by atoms with E-state index in [1.165, 1.54) is 25.1 Å². The first kappa shape index (κ1) is 16.8. The van der Waals surface area contributed by atoms with Crippen LogP contribution in [-0.2, 0) is 5.60 Å². The summed E-state index contributed by atoms with van der Waals surface area (Å²) in [5.74, 6) is 0.567. The van der Waals surface area contributed by atoms with Gasteiger partial charge in [-0.05, 0) is 42.5 Å². The highest BCUT2D eigenvalue weighted by Gasteiger charge is 2.53. The summed E-state index contributed by atoms with van der Waals surface area (Å²) in [5.41, 5.74) is -2.29. The molecule has 0 spiro atoms. The van der Waals surface area contributed by atoms with Gasteiger partial charge in [0.1, 0.15) is 5.75 Å². The Hall–Kier alpha value is -1.23. The Kier molecular flexibility index (Phi) is 5.08. The van der Waals surface area contributed by atoms with Gasteiger partial charge in [0.25, 0.3) is 0 Å². The van der Waals surface area contributed by atoms with Crippen LogP contribution in [0.2, 0.25) is 0 Å². The molecule has 2 nitrogen and oxygen atoms in total. The first-order valence-corrected chi connectivity index (χ1v) is 6.73. The molecule has 114 valence electrons. The largest absolute Gasteiger partial charge is 0.494 e. The molecule has 1 unspecified atom stereocenters. The van der Waals surface area contributed by atoms with E-state index in [1.807, 2.05) is 20.8 Å². The van der Waals surface area contributed by atoms with Crippen molar-refractivity contribution in [2.75, 3.05) is 6.61 Å². The van der Waals surface area contributed by atoms with Crippen molar-refractivity contribution in [1.29, 1.82) is 0 Å². The van der Waals surface area contributed by atoms with Crippen LogP contribution >= 0.6 is 0 Å². The van der Waals surface area contributed by atoms with Crippen molar-refractivity contribution < 1.29 is 23.0 Å². The molecule has 0 fully saturated rings. The van der Waals surface area contributed by atoms with Gasteiger partial charge in [0, 0.05) is 0 Å². The first-order chi connectivity index (χ1) is 9.17. The van der Waals surface area contributed by atoms with Crippen molar-refractivity contribution in [3.63, 3.8) is 0 Å². The summed E-state index contributed by atoms with van der Waals surface area (Å²) in [6, 6.07) is 4.18. The van der Waals surface area contributed by atoms with Crippen molar-refractivity contribution in [2.24, 2.45) is 0 Å². The van der Waals surface area contributed by atoms with Gasteiger partial charge in [-0.1, -0.05) is 26.8 Å². The minimum absolute atomic E-state index is 0.00541. The van der Waals surface area contributed by atoms with Gasteiger partial charge in [0.15, 0.2) is 5.60 Å². The number of benzene rings is 1. The molecule has 0 amide bonds. The van der Waals surface area contributed by atoms with Gasteiger partial charge < -0.3 is 9.84 Å². The molecule has 1 rings (SSSR count). The fraction of sp³-hybridized carbons (Fsp3) is 0.600. The van der Waals surface area contributed by atoms with Gasteiger partial charge in [0.2, 0.25) is 0 Å². The lowest BCUT2D eigenvalue weighted by Crippen LogP contribution is -2.41. The van der Waals surface area contributed by atoms with Crippen LogP contribution in [0.1, 0.15) is 51.2 Å². The zero-order chi connectivity index (χ0) is 15.6. The second kappa shape index (κ2) is 6.04. The van der Waals surface area contributed by atoms with E-state index in [0.29, 0.717) is 17.9 Å². The minimum atomic E-state index is -4.71. The second-order valence-corrected chi connectivity index (χ2v) is 5.05. The van der Waals surface area contributed by atoms with Gasteiger partial charge in [0.05, 0.1) is 6.61 Å². The monoisotopic (exact) mass is 290 g/mol. The molecule has 0 aliphatic heterocycles. The summed E-state index contributed by atoms with van der Waals surface area (Å²) in [6.07, 6.45) is -5.13. The van der Waals surface area contributed by atoms with Crippen LogP contribution < -0.4 is 4.74 Å². The summed E-state index contributed by atoms with van der Waals surface area (Å²) in [4.78, 5) is 0. The van der Waals surface area contributed by atoms with Crippen LogP contribution in [-0.4, -0.2) is 17.9 Å². The normalized spacial score (nSPS) is 15.2. The van der Waals surface area contributed by atoms with Crippen LogP contribution in [0.3, 0.4) is 0 Å². The fourth-order valence-electron chi connectivity index (χ4n) is 2.11. The van der Waals surface area contributed by atoms with Crippen molar-refractivity contribution in [2.45, 2.75) is 51.8 Å². The Bertz CT molecular complexity index is 455. The van der Waals surface area contributed by atoms with Crippen LogP contribution in [0, 0.1) is 0 Å². The fourth-order valence-corrected chi connectivity index (χ4v) is 2.11. The number of rotatable bonds is 5. The average molecular weight is 290 g/mol. The maximum atomic E-state index is 13.1. The standard InChI is InChI=1S/C15H21F3O2/c1-5-14(19,15(16,17)18)11-7-8-13(20-6-2)12(9-11)10(3)4/h7-10,19H,5-6H2,1-4H3. The minimum Gasteiger partial charge on any atom is -0.494 e. The molecular weight excluding hydrogens is 269 g/mol. The number of hydrogen-bond donors (Lipinski definition) is 1. The lowest BCUT2D eigenvalue weighted by Gasteiger charge is -2.30. The number of aliphatic hydroxyl groups is 1. The molecule has 1 aromatic rings. The summed E-state index contributed by atoms with van der Waals surface area (Å²) in [5, 5.41) is 9.99. The van der Waals surface area contributed by atoms with Gasteiger partial charge in [-0.25, -0.2) is 0 Å². The van der Waals surface area contributed by atoms with Crippen LogP contribution in [0.25, 0.3) is 0 Å². The molecule has 20 heavy (non-hydrogen) atoms. The van der Waals surface area contributed by atoms with Gasteiger partial charge in [-0.3, -0.25) is 0 Å². The van der Waals surface area contributed by atoms with E-state index in [-0.39, 0.29) is 11.5 Å². The summed E-state index contributed by atoms with van der Waals surface area (Å²) in [7, 11) is 0. The predicted molar refractivity (Wildman–Crippen MR) is 71.9 cm³/mol. The van der Waals surface area contributed by atoms with E-state index in [4.69, 9.17) is 4.74 Å². The van der Waals surface area contributed by atoms with E-state index < -0.39 is 18.2 Å². The maximum Gasteiger partial charge on any atom is 0.421 e. The first-order valence-electron chi connectivity index (χ1n) is 6.73. The molecule has 0 aromatic heterocycles. The topological polar surface area (TPSA) is 29.5 Å². The van der Waals surface area contributed by atoms with E-state index in [9.17, 15) is 18.3 Å². The Morgan fingerprint density at radius 2 is 1.80 bits per heavy atom. The highest BCUT2D eigenvalue weighted by molar-refractivity contribution is 5.41. The predicted octanol–water partition coefficient (Wildman–Crippen LogP) is 4.37. The number of alkyl halides is 3. The molecule has 5 heteroatoms. The van der Waals surface area contributed by atoms with Crippen LogP contribution in [0.4, 0.5) is 13.2 Å². The Balaban J connectivity index is 3.37. The number of hydrogen-bond acceptors (Lipinski definition) is 2. The molecule has 0 aliphatic carbocycles. The Morgan fingerprint density at radius 3 is 2.20 bits per heavy atom. The molecule has 0 saturated heterocycles. The molecule has 1 atom stereocenters. The van der Waals surface area contributed by atoms with Crippen LogP contribution in [0.15, 0.2) is 18.2 Å². The zero-order valence-electron chi connectivity index (χ0n) is 12.2. The van der Waals surface area contributed by atoms with Gasteiger partial charge in [-0.15, -0.1) is 0 Å². The summed E-state index contributed by atoms with van der Waals surface area (Å²) in [6.45, 7) is 7.33. The van der Waals surface area contributed by atoms with Crippen molar-refractivity contribution in [1.82, 2.24) is 0 Å². The molecule has 0 aliphatic rings. The molecule has 1 aromatic carbocycles. The van der Waals surface area contributed by atoms with E-state index in [0.717, 1.165) is 0 Å². The smallest absolute Gasteiger partial charge is 0.421 e. The molecular formula is C15H21F3O2. The van der Waals surface area contributed by atoms with Gasteiger partial charge >= 0.3 is 6.18 Å². The third-order valence-electron chi connectivity index (χ3n) is 3.39. The van der Waals surface area contributed by atoms with E-state index in [2.05, 4.69) is 0 Å². The van der Waals surface area contributed by atoms with E-state index in [1.54, 1.807) is 0 Å². The third-order valence-corrected chi connectivity index (χ3v) is 3.39. The van der Waals surface area contributed by atoms with Crippen molar-refractivity contribution in [3.8, 4) is 5.75 Å². The number of halogens is 3. The van der Waals surface area contributed by atoms with E-state index >= 15 is 0 Å². The van der Waals surface area contributed by atoms with Crippen molar-refractivity contribution in [3.05, 3.63) is 29.3 Å². The lowest BCUT2D eigenvalue weighted by atomic mass is 9.87. The number of ether oxygens (including phenoxy) is 1. The lowest BCUT2D eigenvalue weighted by molar-refractivity contribution is -0.267. The van der Waals surface area contributed by atoms with Crippen LogP contribution in [0.5, 0.6) is 5.75 Å². The highest BCUT2D eigenvalue weighted by Crippen LogP contribution is 2.43. The third kappa shape index (κ3) is 3.08. The van der Waals surface area contributed by atoms with Gasteiger partial charge in [-0.2, -0.15) is 13.2 Å². The highest BCUT2D eigenvalue weighted by atomic mass is 19.4. The Morgan fingerprint density at radius 1 is 1.20 bits per heavy atom. The quantitative estimate of drug-likeness (QED) is 0.872. The summed E-state index contributed by atoms with van der Waals surface area (Å²) >= 11 is 0. The maximum absolute atomic E-state index is 13.1. The average Bonchev–Trinajstić information content (AvgIpc) is 2.37. The SMILES string of the molecule is CCOc1ccc(C(O)(CC)C(F)(F)F)cc1C(C)C. The molecule has 1 N–H and O–H groups in total. The molecule has 0 saturated carbocycles. The summed E-state index contributed by atoms with van der Waals surface area (Å²) < 4.78 is 44.7. The molecule has 0 bridgehead atoms.